The highest BCUT2D eigenvalue weighted by Crippen LogP contribution is 2.17. The second-order valence-electron chi connectivity index (χ2n) is 4.94. The molecule has 23 heavy (non-hydrogen) atoms. The van der Waals surface area contributed by atoms with E-state index in [2.05, 4.69) is 9.97 Å². The van der Waals surface area contributed by atoms with Gasteiger partial charge in [-0.25, -0.2) is 4.98 Å². The van der Waals surface area contributed by atoms with Crippen LogP contribution in [0.5, 0.6) is 0 Å². The van der Waals surface area contributed by atoms with E-state index < -0.39 is 10.5 Å². The van der Waals surface area contributed by atoms with E-state index in [0.717, 1.165) is 0 Å². The quantitative estimate of drug-likeness (QED) is 0.452. The van der Waals surface area contributed by atoms with Crippen LogP contribution in [0.25, 0.3) is 11.0 Å². The highest BCUT2D eigenvalue weighted by atomic mass is 16.6. The first kappa shape index (κ1) is 14.6. The van der Waals surface area contributed by atoms with E-state index in [1.54, 1.807) is 30.3 Å². The third-order valence-corrected chi connectivity index (χ3v) is 3.38. The molecule has 0 saturated carbocycles. The molecule has 0 unspecified atom stereocenters. The first-order chi connectivity index (χ1) is 11.0. The number of nitro groups is 1. The van der Waals surface area contributed by atoms with Gasteiger partial charge in [-0.3, -0.25) is 19.7 Å². The highest BCUT2D eigenvalue weighted by molar-refractivity contribution is 5.97. The van der Waals surface area contributed by atoms with E-state index in [9.17, 15) is 19.7 Å². The molecule has 0 spiro atoms. The summed E-state index contributed by atoms with van der Waals surface area (Å²) in [5, 5.41) is 10.7. The number of non-ortho nitro benzene ring substituents is 1. The molecule has 0 atom stereocenters. The largest absolute Gasteiger partial charge is 0.319 e. The van der Waals surface area contributed by atoms with Crippen LogP contribution in [0, 0.1) is 10.1 Å². The van der Waals surface area contributed by atoms with Crippen molar-refractivity contribution < 1.29 is 9.72 Å². The molecule has 2 aromatic carbocycles. The Bertz CT molecular complexity index is 964. The molecule has 0 saturated heterocycles. The summed E-state index contributed by atoms with van der Waals surface area (Å²) in [6, 6.07) is 12.6. The molecule has 3 rings (SSSR count). The van der Waals surface area contributed by atoms with Crippen LogP contribution in [0.1, 0.15) is 16.1 Å². The maximum Gasteiger partial charge on any atom is 0.271 e. The fraction of sp³-hybridized carbons (Fsp3) is 0.0625. The van der Waals surface area contributed by atoms with Gasteiger partial charge in [-0.1, -0.05) is 30.3 Å². The third-order valence-electron chi connectivity index (χ3n) is 3.38. The van der Waals surface area contributed by atoms with E-state index in [-0.39, 0.29) is 29.1 Å². The average molecular weight is 309 g/mol. The standard InChI is InChI=1S/C16H11N3O4/c20-15(10-4-2-1-3-5-10)9-14-16(21)18-13-8-11(19(22)23)6-7-12(13)17-14/h1-8H,9H2,(H,18,21). The number of H-pyrrole nitrogens is 1. The van der Waals surface area contributed by atoms with Crippen molar-refractivity contribution in [3.63, 3.8) is 0 Å². The summed E-state index contributed by atoms with van der Waals surface area (Å²) >= 11 is 0. The fourth-order valence-corrected chi connectivity index (χ4v) is 2.22. The van der Waals surface area contributed by atoms with Gasteiger partial charge in [-0.15, -0.1) is 0 Å². The number of carbonyl (C=O) groups is 1. The molecule has 0 aliphatic rings. The minimum absolute atomic E-state index is 0.0835. The smallest absolute Gasteiger partial charge is 0.271 e. The number of fused-ring (bicyclic) bond motifs is 1. The summed E-state index contributed by atoms with van der Waals surface area (Å²) in [6.45, 7) is 0. The Morgan fingerprint density at radius 1 is 1.17 bits per heavy atom. The molecule has 114 valence electrons. The number of benzene rings is 2. The Morgan fingerprint density at radius 3 is 2.61 bits per heavy atom. The van der Waals surface area contributed by atoms with E-state index in [1.165, 1.54) is 18.2 Å². The van der Waals surface area contributed by atoms with Crippen molar-refractivity contribution in [3.8, 4) is 0 Å². The molecule has 0 aliphatic heterocycles. The van der Waals surface area contributed by atoms with Crippen LogP contribution >= 0.6 is 0 Å². The number of aromatic amines is 1. The number of aromatic nitrogens is 2. The van der Waals surface area contributed by atoms with Gasteiger partial charge in [0.1, 0.15) is 5.69 Å². The van der Waals surface area contributed by atoms with Crippen molar-refractivity contribution in [2.24, 2.45) is 0 Å². The summed E-state index contributed by atoms with van der Waals surface area (Å²) in [6.07, 6.45) is -0.133. The van der Waals surface area contributed by atoms with Crippen molar-refractivity contribution in [1.82, 2.24) is 9.97 Å². The fourth-order valence-electron chi connectivity index (χ4n) is 2.22. The lowest BCUT2D eigenvalue weighted by atomic mass is 10.1. The molecule has 0 bridgehead atoms. The molecule has 1 N–H and O–H groups in total. The van der Waals surface area contributed by atoms with Crippen molar-refractivity contribution >= 4 is 22.5 Å². The van der Waals surface area contributed by atoms with Gasteiger partial charge in [0.05, 0.1) is 22.4 Å². The molecule has 0 fully saturated rings. The van der Waals surface area contributed by atoms with Gasteiger partial charge in [0.15, 0.2) is 5.78 Å². The lowest BCUT2D eigenvalue weighted by Crippen LogP contribution is -2.19. The van der Waals surface area contributed by atoms with Gasteiger partial charge in [0.25, 0.3) is 11.2 Å². The summed E-state index contributed by atoms with van der Waals surface area (Å²) in [5.74, 6) is -0.218. The van der Waals surface area contributed by atoms with Gasteiger partial charge in [-0.2, -0.15) is 0 Å². The van der Waals surface area contributed by atoms with Crippen LogP contribution in [-0.4, -0.2) is 20.7 Å². The SMILES string of the molecule is O=C(Cc1nc2ccc([N+](=O)[O-])cc2[nH]c1=O)c1ccccc1. The number of ketones is 1. The zero-order chi connectivity index (χ0) is 16.4. The molecule has 0 radical (unpaired) electrons. The number of rotatable bonds is 4. The first-order valence-electron chi connectivity index (χ1n) is 6.80. The monoisotopic (exact) mass is 309 g/mol. The van der Waals surface area contributed by atoms with E-state index in [4.69, 9.17) is 0 Å². The van der Waals surface area contributed by atoms with Crippen LogP contribution < -0.4 is 5.56 Å². The molecule has 7 heteroatoms. The van der Waals surface area contributed by atoms with Gasteiger partial charge in [0, 0.05) is 17.7 Å². The maximum atomic E-state index is 12.2. The second kappa shape index (κ2) is 5.80. The average Bonchev–Trinajstić information content (AvgIpc) is 2.55. The second-order valence-corrected chi connectivity index (χ2v) is 4.94. The van der Waals surface area contributed by atoms with Crippen LogP contribution in [0.4, 0.5) is 5.69 Å². The molecule has 7 nitrogen and oxygen atoms in total. The minimum atomic E-state index is -0.551. The first-order valence-corrected chi connectivity index (χ1v) is 6.80. The maximum absolute atomic E-state index is 12.2. The Balaban J connectivity index is 1.97. The Labute approximate surface area is 129 Å². The third kappa shape index (κ3) is 2.98. The van der Waals surface area contributed by atoms with Crippen LogP contribution in [-0.2, 0) is 6.42 Å². The zero-order valence-electron chi connectivity index (χ0n) is 11.9. The summed E-state index contributed by atoms with van der Waals surface area (Å²) in [4.78, 5) is 41.1. The van der Waals surface area contributed by atoms with Crippen molar-refractivity contribution in [2.45, 2.75) is 6.42 Å². The number of nitro benzene ring substituents is 1. The number of Topliss-reactive ketones (excluding diaryl/α,β-unsaturated/α-hetero) is 1. The van der Waals surface area contributed by atoms with Crippen LogP contribution in [0.2, 0.25) is 0 Å². The number of carbonyl (C=O) groups excluding carboxylic acids is 1. The molecule has 0 aliphatic carbocycles. The molecule has 0 amide bonds. The Morgan fingerprint density at radius 2 is 1.91 bits per heavy atom. The number of hydrogen-bond donors (Lipinski definition) is 1. The van der Waals surface area contributed by atoms with Gasteiger partial charge in [-0.05, 0) is 6.07 Å². The highest BCUT2D eigenvalue weighted by Gasteiger charge is 2.13. The van der Waals surface area contributed by atoms with E-state index >= 15 is 0 Å². The minimum Gasteiger partial charge on any atom is -0.319 e. The Hall–Kier alpha value is -3.35. The van der Waals surface area contributed by atoms with E-state index in [1.807, 2.05) is 0 Å². The summed E-state index contributed by atoms with van der Waals surface area (Å²) < 4.78 is 0. The van der Waals surface area contributed by atoms with Crippen LogP contribution in [0.3, 0.4) is 0 Å². The molecule has 3 aromatic rings. The van der Waals surface area contributed by atoms with Crippen molar-refractivity contribution in [1.29, 1.82) is 0 Å². The predicted octanol–water partition coefficient (Wildman–Crippen LogP) is 2.26. The Kier molecular flexibility index (Phi) is 3.68. The molecule has 1 aromatic heterocycles. The topological polar surface area (TPSA) is 106 Å². The summed E-state index contributed by atoms with van der Waals surface area (Å²) in [5.41, 5.74) is 0.578. The normalized spacial score (nSPS) is 10.6. The van der Waals surface area contributed by atoms with Gasteiger partial charge < -0.3 is 4.98 Å². The predicted molar refractivity (Wildman–Crippen MR) is 83.5 cm³/mol. The number of hydrogen-bond acceptors (Lipinski definition) is 5. The summed E-state index contributed by atoms with van der Waals surface area (Å²) in [7, 11) is 0. The number of nitrogens with zero attached hydrogens (tertiary/aromatic N) is 2. The van der Waals surface area contributed by atoms with Gasteiger partial charge >= 0.3 is 0 Å². The molecular formula is C16H11N3O4. The lowest BCUT2D eigenvalue weighted by molar-refractivity contribution is -0.384. The molecule has 1 heterocycles. The van der Waals surface area contributed by atoms with E-state index in [0.29, 0.717) is 11.1 Å². The lowest BCUT2D eigenvalue weighted by Gasteiger charge is -2.03. The molecular weight excluding hydrogens is 298 g/mol. The van der Waals surface area contributed by atoms with Crippen molar-refractivity contribution in [2.75, 3.05) is 0 Å². The zero-order valence-corrected chi connectivity index (χ0v) is 11.9. The van der Waals surface area contributed by atoms with Crippen LogP contribution in [0.15, 0.2) is 53.3 Å². The van der Waals surface area contributed by atoms with Crippen molar-refractivity contribution in [3.05, 3.63) is 80.3 Å². The number of nitrogens with one attached hydrogen (secondary N) is 1. The van der Waals surface area contributed by atoms with Gasteiger partial charge in [0.2, 0.25) is 0 Å².